The summed E-state index contributed by atoms with van der Waals surface area (Å²) in [5.41, 5.74) is 1.29. The zero-order valence-electron chi connectivity index (χ0n) is 7.54. The smallest absolute Gasteiger partial charge is 0.00606 e. The maximum atomic E-state index is 3.84. The fraction of sp³-hybridized carbons (Fsp3) is 0.167. The van der Waals surface area contributed by atoms with Gasteiger partial charge in [-0.1, -0.05) is 58.9 Å². The molecule has 0 amide bonds. The molecule has 1 heteroatoms. The molecule has 0 saturated heterocycles. The van der Waals surface area contributed by atoms with Gasteiger partial charge in [0, 0.05) is 5.92 Å². The van der Waals surface area contributed by atoms with E-state index in [1.165, 1.54) is 5.56 Å². The van der Waals surface area contributed by atoms with E-state index in [4.69, 9.17) is 0 Å². The summed E-state index contributed by atoms with van der Waals surface area (Å²) < 4.78 is 1.02. The lowest BCUT2D eigenvalue weighted by Gasteiger charge is -2.11. The van der Waals surface area contributed by atoms with Crippen molar-refractivity contribution in [2.45, 2.75) is 12.3 Å². The van der Waals surface area contributed by atoms with Crippen molar-refractivity contribution in [2.75, 3.05) is 0 Å². The molecule has 0 fully saturated rings. The summed E-state index contributed by atoms with van der Waals surface area (Å²) in [5, 5.41) is 0. The molecule has 1 atom stereocenters. The molecule has 0 heterocycles. The lowest BCUT2D eigenvalue weighted by atomic mass is 9.96. The van der Waals surface area contributed by atoms with Crippen LogP contribution in [0, 0.1) is 0 Å². The van der Waals surface area contributed by atoms with E-state index in [0.29, 0.717) is 5.92 Å². The minimum atomic E-state index is 0.369. The van der Waals surface area contributed by atoms with Crippen LogP contribution in [0.25, 0.3) is 0 Å². The molecule has 68 valence electrons. The summed E-state index contributed by atoms with van der Waals surface area (Å²) in [7, 11) is 0. The second kappa shape index (κ2) is 5.03. The van der Waals surface area contributed by atoms with Crippen molar-refractivity contribution >= 4 is 15.9 Å². The zero-order valence-corrected chi connectivity index (χ0v) is 9.13. The molecule has 0 spiro atoms. The largest absolute Gasteiger partial charge is 0.102 e. The minimum absolute atomic E-state index is 0.369. The number of halogens is 1. The molecule has 0 aromatic heterocycles. The van der Waals surface area contributed by atoms with E-state index in [1.54, 1.807) is 0 Å². The average molecular weight is 237 g/mol. The van der Waals surface area contributed by atoms with Gasteiger partial charge in [-0.05, 0) is 16.5 Å². The van der Waals surface area contributed by atoms with Gasteiger partial charge in [-0.25, -0.2) is 0 Å². The van der Waals surface area contributed by atoms with Crippen molar-refractivity contribution in [3.63, 3.8) is 0 Å². The third-order valence-electron chi connectivity index (χ3n) is 1.95. The highest BCUT2D eigenvalue weighted by Gasteiger charge is 2.06. The highest BCUT2D eigenvalue weighted by Crippen LogP contribution is 2.25. The summed E-state index contributed by atoms with van der Waals surface area (Å²) in [6.07, 6.45) is 2.87. The van der Waals surface area contributed by atoms with E-state index in [2.05, 4.69) is 41.2 Å². The Balaban J connectivity index is 2.78. The van der Waals surface area contributed by atoms with E-state index in [-0.39, 0.29) is 0 Å². The third-order valence-corrected chi connectivity index (χ3v) is 2.28. The van der Waals surface area contributed by atoms with Gasteiger partial charge < -0.3 is 0 Å². The average Bonchev–Trinajstić information content (AvgIpc) is 2.15. The Morgan fingerprint density at radius 3 is 2.46 bits per heavy atom. The van der Waals surface area contributed by atoms with Crippen LogP contribution in [0.4, 0.5) is 0 Å². The molecule has 0 saturated carbocycles. The quantitative estimate of drug-likeness (QED) is 0.686. The number of hydrogen-bond donors (Lipinski definition) is 0. The fourth-order valence-electron chi connectivity index (χ4n) is 1.28. The Kier molecular flexibility index (Phi) is 3.97. The van der Waals surface area contributed by atoms with Crippen molar-refractivity contribution in [3.8, 4) is 0 Å². The summed E-state index contributed by atoms with van der Waals surface area (Å²) >= 11 is 3.37. The topological polar surface area (TPSA) is 0 Å². The molecule has 1 aromatic rings. The van der Waals surface area contributed by atoms with Crippen LogP contribution >= 0.6 is 15.9 Å². The van der Waals surface area contributed by atoms with Gasteiger partial charge in [-0.3, -0.25) is 0 Å². The lowest BCUT2D eigenvalue weighted by molar-refractivity contribution is 0.861. The molecule has 0 N–H and O–H groups in total. The molecule has 1 rings (SSSR count). The molecular formula is C12H13Br. The summed E-state index contributed by atoms with van der Waals surface area (Å²) in [4.78, 5) is 0. The number of rotatable bonds is 4. The van der Waals surface area contributed by atoms with Crippen LogP contribution in [0.2, 0.25) is 0 Å². The van der Waals surface area contributed by atoms with Crippen LogP contribution in [-0.4, -0.2) is 0 Å². The Hall–Kier alpha value is -0.820. The van der Waals surface area contributed by atoms with Gasteiger partial charge in [-0.15, -0.1) is 6.58 Å². The monoisotopic (exact) mass is 236 g/mol. The molecule has 0 aliphatic rings. The Morgan fingerprint density at radius 2 is 2.00 bits per heavy atom. The maximum absolute atomic E-state index is 3.84. The van der Waals surface area contributed by atoms with Gasteiger partial charge in [-0.2, -0.15) is 0 Å². The summed E-state index contributed by atoms with van der Waals surface area (Å²) in [6.45, 7) is 7.67. The van der Waals surface area contributed by atoms with Crippen molar-refractivity contribution < 1.29 is 0 Å². The molecule has 0 nitrogen and oxygen atoms in total. The summed E-state index contributed by atoms with van der Waals surface area (Å²) in [5.74, 6) is 0.369. The van der Waals surface area contributed by atoms with Crippen LogP contribution in [-0.2, 0) is 0 Å². The van der Waals surface area contributed by atoms with Crippen molar-refractivity contribution in [2.24, 2.45) is 0 Å². The van der Waals surface area contributed by atoms with Crippen molar-refractivity contribution in [1.29, 1.82) is 0 Å². The van der Waals surface area contributed by atoms with Gasteiger partial charge in [0.05, 0.1) is 0 Å². The van der Waals surface area contributed by atoms with Crippen LogP contribution in [0.1, 0.15) is 17.9 Å². The van der Waals surface area contributed by atoms with E-state index >= 15 is 0 Å². The third kappa shape index (κ3) is 3.19. The number of benzene rings is 1. The van der Waals surface area contributed by atoms with Gasteiger partial charge in [0.25, 0.3) is 0 Å². The number of hydrogen-bond acceptors (Lipinski definition) is 0. The maximum Gasteiger partial charge on any atom is 0.00606 e. The van der Waals surface area contributed by atoms with Crippen molar-refractivity contribution in [3.05, 3.63) is 59.6 Å². The van der Waals surface area contributed by atoms with Crippen molar-refractivity contribution in [1.82, 2.24) is 0 Å². The Morgan fingerprint density at radius 1 is 1.38 bits per heavy atom. The van der Waals surface area contributed by atoms with Crippen LogP contribution in [0.15, 0.2) is 54.0 Å². The molecule has 0 radical (unpaired) electrons. The second-order valence-electron chi connectivity index (χ2n) is 2.97. The lowest BCUT2D eigenvalue weighted by Crippen LogP contribution is -1.93. The molecule has 0 bridgehead atoms. The number of allylic oxidation sites excluding steroid dienone is 2. The van der Waals surface area contributed by atoms with Gasteiger partial charge in [0.2, 0.25) is 0 Å². The molecule has 0 unspecified atom stereocenters. The van der Waals surface area contributed by atoms with E-state index in [1.807, 2.05) is 24.3 Å². The molecular weight excluding hydrogens is 224 g/mol. The van der Waals surface area contributed by atoms with Crippen LogP contribution in [0.3, 0.4) is 0 Å². The van der Waals surface area contributed by atoms with E-state index in [9.17, 15) is 0 Å². The van der Waals surface area contributed by atoms with E-state index < -0.39 is 0 Å². The van der Waals surface area contributed by atoms with E-state index in [0.717, 1.165) is 10.9 Å². The standard InChI is InChI=1S/C12H13Br/c1-3-11(9-10(2)13)12-7-5-4-6-8-12/h3-8,11H,1-2,9H2/t11-/m1/s1. The molecule has 0 aliphatic carbocycles. The predicted octanol–water partition coefficient (Wildman–Crippen LogP) is 4.25. The van der Waals surface area contributed by atoms with Gasteiger partial charge >= 0.3 is 0 Å². The summed E-state index contributed by atoms with van der Waals surface area (Å²) in [6, 6.07) is 10.3. The highest BCUT2D eigenvalue weighted by atomic mass is 79.9. The Bertz CT molecular complexity index is 287. The van der Waals surface area contributed by atoms with Crippen LogP contribution in [0.5, 0.6) is 0 Å². The predicted molar refractivity (Wildman–Crippen MR) is 62.1 cm³/mol. The molecule has 1 aromatic carbocycles. The fourth-order valence-corrected chi connectivity index (χ4v) is 1.62. The van der Waals surface area contributed by atoms with Gasteiger partial charge in [0.15, 0.2) is 0 Å². The van der Waals surface area contributed by atoms with Gasteiger partial charge in [0.1, 0.15) is 0 Å². The first-order valence-electron chi connectivity index (χ1n) is 4.25. The van der Waals surface area contributed by atoms with Crippen LogP contribution < -0.4 is 0 Å². The first-order valence-corrected chi connectivity index (χ1v) is 5.04. The first kappa shape index (κ1) is 10.3. The highest BCUT2D eigenvalue weighted by molar-refractivity contribution is 9.11. The minimum Gasteiger partial charge on any atom is -0.102 e. The Labute approximate surface area is 88.1 Å². The molecule has 0 aliphatic heterocycles. The normalized spacial score (nSPS) is 12.1. The first-order chi connectivity index (χ1) is 6.24. The zero-order chi connectivity index (χ0) is 9.68. The molecule has 13 heavy (non-hydrogen) atoms. The second-order valence-corrected chi connectivity index (χ2v) is 4.10. The SMILES string of the molecule is C=C[C@H](CC(=C)Br)c1ccccc1.